The zero-order chi connectivity index (χ0) is 33.9. The molecule has 1 atom stereocenters. The lowest BCUT2D eigenvalue weighted by Crippen LogP contribution is -2.39. The number of aliphatic imine (C=N–C) groups is 1. The quantitative estimate of drug-likeness (QED) is 0.126. The summed E-state index contributed by atoms with van der Waals surface area (Å²) in [5.74, 6) is 0.358. The van der Waals surface area contributed by atoms with Crippen molar-refractivity contribution in [1.29, 1.82) is 5.26 Å². The van der Waals surface area contributed by atoms with Gasteiger partial charge in [0.05, 0.1) is 24.8 Å². The van der Waals surface area contributed by atoms with Crippen molar-refractivity contribution in [2.75, 3.05) is 46.4 Å². The van der Waals surface area contributed by atoms with Gasteiger partial charge in [-0.1, -0.05) is 57.2 Å². The normalized spacial score (nSPS) is 15.7. The van der Waals surface area contributed by atoms with Crippen LogP contribution >= 0.6 is 0 Å². The van der Waals surface area contributed by atoms with Crippen LogP contribution < -0.4 is 0 Å². The first-order valence-corrected chi connectivity index (χ1v) is 16.1. The van der Waals surface area contributed by atoms with Crippen molar-refractivity contribution in [3.8, 4) is 6.07 Å². The van der Waals surface area contributed by atoms with Crippen molar-refractivity contribution < 1.29 is 14.3 Å². The molecule has 1 aromatic rings. The molecule has 1 aromatic carbocycles. The molecule has 1 unspecified atom stereocenters. The fourth-order valence-electron chi connectivity index (χ4n) is 5.46. The summed E-state index contributed by atoms with van der Waals surface area (Å²) in [5, 5.41) is 9.57. The minimum atomic E-state index is -0.557. The summed E-state index contributed by atoms with van der Waals surface area (Å²) in [4.78, 5) is 21.9. The number of hydrogen-bond acceptors (Lipinski definition) is 6. The van der Waals surface area contributed by atoms with E-state index in [2.05, 4.69) is 69.8 Å². The number of ether oxygens (including phenoxy) is 2. The van der Waals surface area contributed by atoms with Crippen LogP contribution in [0, 0.1) is 24.2 Å². The Morgan fingerprint density at radius 2 is 1.84 bits per heavy atom. The van der Waals surface area contributed by atoms with E-state index in [1.165, 1.54) is 0 Å². The smallest absolute Gasteiger partial charge is 0.410 e. The number of rotatable bonds is 13. The molecule has 0 aromatic heterocycles. The van der Waals surface area contributed by atoms with E-state index in [0.29, 0.717) is 50.6 Å². The number of nitrogens with zero attached hydrogens (tertiary/aromatic N) is 4. The minimum Gasteiger partial charge on any atom is -0.444 e. The first kappa shape index (κ1) is 37.6. The van der Waals surface area contributed by atoms with Crippen LogP contribution in [0.25, 0.3) is 0 Å². The fourth-order valence-corrected chi connectivity index (χ4v) is 5.46. The summed E-state index contributed by atoms with van der Waals surface area (Å²) >= 11 is 0. The molecule has 0 spiro atoms. The van der Waals surface area contributed by atoms with Crippen LogP contribution in [0.15, 0.2) is 70.4 Å². The number of morpholine rings is 1. The highest BCUT2D eigenvalue weighted by Crippen LogP contribution is 2.33. The number of carbonyl (C=O) groups is 1. The molecule has 246 valence electrons. The van der Waals surface area contributed by atoms with Crippen LogP contribution in [-0.4, -0.2) is 73.6 Å². The van der Waals surface area contributed by atoms with E-state index in [1.54, 1.807) is 4.90 Å². The predicted octanol–water partition coefficient (Wildman–Crippen LogP) is 8.38. The van der Waals surface area contributed by atoms with Crippen molar-refractivity contribution in [2.45, 2.75) is 86.7 Å². The molecule has 1 heterocycles. The maximum absolute atomic E-state index is 13.0. The third-order valence-electron chi connectivity index (χ3n) is 7.83. The third kappa shape index (κ3) is 11.7. The molecule has 1 saturated heterocycles. The van der Waals surface area contributed by atoms with E-state index in [0.717, 1.165) is 57.9 Å². The topological polar surface area (TPSA) is 78.2 Å². The molecule has 0 radical (unpaired) electrons. The number of amides is 1. The van der Waals surface area contributed by atoms with Crippen molar-refractivity contribution in [3.05, 3.63) is 82.1 Å². The lowest BCUT2D eigenvalue weighted by Gasteiger charge is -2.34. The van der Waals surface area contributed by atoms with Crippen LogP contribution in [-0.2, 0) is 9.47 Å². The summed E-state index contributed by atoms with van der Waals surface area (Å²) in [7, 11) is 1.83. The molecule has 2 rings (SSSR count). The van der Waals surface area contributed by atoms with Gasteiger partial charge in [0.1, 0.15) is 5.60 Å². The highest BCUT2D eigenvalue weighted by molar-refractivity contribution is 6.03. The van der Waals surface area contributed by atoms with Crippen molar-refractivity contribution in [2.24, 2.45) is 10.9 Å². The number of hydrogen-bond donors (Lipinski definition) is 0. The molecule has 0 aliphatic carbocycles. The molecule has 1 amide bonds. The van der Waals surface area contributed by atoms with E-state index in [9.17, 15) is 10.1 Å². The molecule has 0 bridgehead atoms. The van der Waals surface area contributed by atoms with Gasteiger partial charge in [-0.05, 0) is 89.1 Å². The molecule has 1 aliphatic rings. The molecule has 1 fully saturated rings. The Balaban J connectivity index is 2.57. The zero-order valence-electron chi connectivity index (χ0n) is 29.5. The summed E-state index contributed by atoms with van der Waals surface area (Å²) in [6, 6.07) is 8.17. The van der Waals surface area contributed by atoms with Crippen LogP contribution in [0.1, 0.15) is 90.8 Å². The summed E-state index contributed by atoms with van der Waals surface area (Å²) in [6.07, 6.45) is 3.26. The van der Waals surface area contributed by atoms with E-state index >= 15 is 0 Å². The van der Waals surface area contributed by atoms with Gasteiger partial charge in [-0.2, -0.15) is 5.26 Å². The summed E-state index contributed by atoms with van der Waals surface area (Å²) in [6.45, 7) is 31.1. The van der Waals surface area contributed by atoms with Crippen LogP contribution in [0.5, 0.6) is 0 Å². The largest absolute Gasteiger partial charge is 0.444 e. The summed E-state index contributed by atoms with van der Waals surface area (Å²) in [5.41, 5.74) is 8.49. The number of allylic oxidation sites excluding steroid dienone is 4. The first-order chi connectivity index (χ1) is 21.1. The van der Waals surface area contributed by atoms with Gasteiger partial charge in [0.25, 0.3) is 0 Å². The Morgan fingerprint density at radius 1 is 1.20 bits per heavy atom. The predicted molar refractivity (Wildman–Crippen MR) is 187 cm³/mol. The average molecular weight is 617 g/mol. The van der Waals surface area contributed by atoms with Crippen LogP contribution in [0.2, 0.25) is 0 Å². The second-order valence-electron chi connectivity index (χ2n) is 13.6. The summed E-state index contributed by atoms with van der Waals surface area (Å²) < 4.78 is 11.4. The minimum absolute atomic E-state index is 0.0452. The molecular formula is C38H56N4O3. The van der Waals surface area contributed by atoms with Gasteiger partial charge < -0.3 is 19.3 Å². The monoisotopic (exact) mass is 616 g/mol. The number of aryl methyl sites for hydroxylation is 1. The van der Waals surface area contributed by atoms with Gasteiger partial charge >= 0.3 is 6.09 Å². The van der Waals surface area contributed by atoms with Gasteiger partial charge in [0, 0.05) is 56.1 Å². The van der Waals surface area contributed by atoms with Crippen LogP contribution in [0.3, 0.4) is 0 Å². The van der Waals surface area contributed by atoms with E-state index in [-0.39, 0.29) is 12.0 Å². The van der Waals surface area contributed by atoms with E-state index in [1.807, 2.05) is 52.9 Å². The van der Waals surface area contributed by atoms with Crippen molar-refractivity contribution in [1.82, 2.24) is 9.80 Å². The third-order valence-corrected chi connectivity index (χ3v) is 7.83. The number of carbonyl (C=O) groups excluding carboxylic acids is 1. The molecule has 7 heteroatoms. The lowest BCUT2D eigenvalue weighted by atomic mass is 9.87. The molecule has 0 N–H and O–H groups in total. The fraction of sp³-hybridized carbons (Fsp3) is 0.553. The Morgan fingerprint density at radius 3 is 2.38 bits per heavy atom. The molecule has 45 heavy (non-hydrogen) atoms. The molecular weight excluding hydrogens is 560 g/mol. The van der Waals surface area contributed by atoms with E-state index < -0.39 is 5.60 Å². The zero-order valence-corrected chi connectivity index (χ0v) is 29.5. The molecule has 0 saturated carbocycles. The van der Waals surface area contributed by atoms with Gasteiger partial charge in [-0.3, -0.25) is 4.99 Å². The lowest BCUT2D eigenvalue weighted by molar-refractivity contribution is 0.0230. The van der Waals surface area contributed by atoms with Gasteiger partial charge in [0.2, 0.25) is 0 Å². The first-order valence-electron chi connectivity index (χ1n) is 16.1. The number of nitriles is 1. The Hall–Kier alpha value is -3.63. The Kier molecular flexibility index (Phi) is 14.3. The van der Waals surface area contributed by atoms with Crippen molar-refractivity contribution >= 4 is 11.8 Å². The molecule has 7 nitrogen and oxygen atoms in total. The average Bonchev–Trinajstić information content (AvgIpc) is 2.97. The molecule has 1 aliphatic heterocycles. The standard InChI is InChI=1S/C38H56N4O3/c1-26(2)25-42(37(43)45-38(9,10)11)16-15-28(5)21-33(27(3)4)36(31(8)40-12)35(41-17-19-44-20-18-41)22-30(7)34-23-32(24-39)14-13-29(34)6/h13-14,22-23,26,30H,3,5,15-21,25H2,1-2,4,6-12H3/b35-22+,36-33+,40-31?. The van der Waals surface area contributed by atoms with E-state index in [4.69, 9.17) is 9.47 Å². The maximum atomic E-state index is 13.0. The highest BCUT2D eigenvalue weighted by atomic mass is 16.6. The van der Waals surface area contributed by atoms with Gasteiger partial charge in [-0.25, -0.2) is 4.79 Å². The second kappa shape index (κ2) is 17.2. The Bertz CT molecular complexity index is 1350. The van der Waals surface area contributed by atoms with Gasteiger partial charge in [0.15, 0.2) is 0 Å². The number of benzene rings is 1. The second-order valence-corrected chi connectivity index (χ2v) is 13.6. The van der Waals surface area contributed by atoms with Gasteiger partial charge in [-0.15, -0.1) is 0 Å². The SMILES string of the molecule is C=C(CCN(CC(C)C)C(=O)OC(C)(C)C)C/C(C(=C)C)=C(C(C)=NC)\C(=C/C(C)c1cc(C#N)ccc1C)N1CCOCC1. The Labute approximate surface area is 273 Å². The maximum Gasteiger partial charge on any atom is 0.410 e. The highest BCUT2D eigenvalue weighted by Gasteiger charge is 2.26. The van der Waals surface area contributed by atoms with Crippen LogP contribution in [0.4, 0.5) is 4.79 Å². The van der Waals surface area contributed by atoms with Crippen molar-refractivity contribution in [3.63, 3.8) is 0 Å².